The Labute approximate surface area is 185 Å². The molecule has 0 radical (unpaired) electrons. The lowest BCUT2D eigenvalue weighted by Crippen LogP contribution is -1.99. The number of nitrogen functional groups attached to an aromatic ring is 1. The summed E-state index contributed by atoms with van der Waals surface area (Å²) in [6, 6.07) is 13.6. The molecule has 4 N–H and O–H groups in total. The molecule has 0 saturated heterocycles. The maximum absolute atomic E-state index is 5.67. The van der Waals surface area contributed by atoms with Gasteiger partial charge in [-0.25, -0.2) is 9.98 Å². The predicted molar refractivity (Wildman–Crippen MR) is 137 cm³/mol. The molecule has 0 aliphatic rings. The van der Waals surface area contributed by atoms with Crippen LogP contribution in [0.15, 0.2) is 67.2 Å². The van der Waals surface area contributed by atoms with Gasteiger partial charge in [-0.3, -0.25) is 4.99 Å². The van der Waals surface area contributed by atoms with Crippen molar-refractivity contribution in [3.63, 3.8) is 0 Å². The number of thiol groups is 2. The first-order valence-corrected chi connectivity index (χ1v) is 10.0. The first kappa shape index (κ1) is 26.6. The van der Waals surface area contributed by atoms with Crippen LogP contribution in [0.4, 0.5) is 5.69 Å². The van der Waals surface area contributed by atoms with Crippen LogP contribution in [0, 0.1) is 0 Å². The summed E-state index contributed by atoms with van der Waals surface area (Å²) in [4.78, 5) is 13.2. The fourth-order valence-electron chi connectivity index (χ4n) is 1.95. The van der Waals surface area contributed by atoms with Crippen molar-refractivity contribution in [3.05, 3.63) is 53.6 Å². The molecule has 0 aliphatic carbocycles. The normalized spacial score (nSPS) is 11.3. The molecule has 2 aromatic carbocycles. The van der Waals surface area contributed by atoms with Crippen LogP contribution in [-0.2, 0) is 0 Å². The molecular weight excluding hydrogens is 398 g/mol. The van der Waals surface area contributed by atoms with E-state index in [0.29, 0.717) is 11.7 Å². The average Bonchev–Trinajstić information content (AvgIpc) is 2.70. The Morgan fingerprint density at radius 2 is 1.55 bits per heavy atom. The van der Waals surface area contributed by atoms with Gasteiger partial charge >= 0.3 is 0 Å². The number of hydrogen-bond donors (Lipinski definition) is 4. The van der Waals surface area contributed by atoms with Gasteiger partial charge in [0.1, 0.15) is 11.7 Å². The molecule has 29 heavy (non-hydrogen) atoms. The first-order chi connectivity index (χ1) is 13.9. The van der Waals surface area contributed by atoms with Gasteiger partial charge in [0.15, 0.2) is 0 Å². The molecule has 0 aliphatic heterocycles. The number of nitrogens with two attached hydrogens (primary N) is 2. The van der Waals surface area contributed by atoms with Gasteiger partial charge in [-0.2, -0.15) is 0 Å². The van der Waals surface area contributed by atoms with Crippen molar-refractivity contribution >= 4 is 61.5 Å². The summed E-state index contributed by atoms with van der Waals surface area (Å²) in [5.74, 6) is 1.24. The molecular formula is C22H31N5S2. The van der Waals surface area contributed by atoms with Crippen LogP contribution in [-0.4, -0.2) is 25.1 Å². The number of rotatable bonds is 3. The van der Waals surface area contributed by atoms with Gasteiger partial charge in [0.05, 0.1) is 6.67 Å². The van der Waals surface area contributed by atoms with Gasteiger partial charge in [0, 0.05) is 15.5 Å². The molecule has 2 rings (SSSR count). The maximum Gasteiger partial charge on any atom is 0.126 e. The lowest BCUT2D eigenvalue weighted by atomic mass is 10.1. The third kappa shape index (κ3) is 11.3. The van der Waals surface area contributed by atoms with Crippen molar-refractivity contribution in [1.29, 1.82) is 0 Å². The van der Waals surface area contributed by atoms with Gasteiger partial charge in [0.25, 0.3) is 0 Å². The van der Waals surface area contributed by atoms with E-state index in [-0.39, 0.29) is 6.67 Å². The number of nitrogens with zero attached hydrogens (tertiary/aromatic N) is 3. The summed E-state index contributed by atoms with van der Waals surface area (Å²) in [5, 5.41) is 0. The van der Waals surface area contributed by atoms with Crippen LogP contribution in [0.5, 0.6) is 0 Å². The highest BCUT2D eigenvalue weighted by Crippen LogP contribution is 2.21. The third-order valence-corrected chi connectivity index (χ3v) is 4.10. The Hall–Kier alpha value is -2.35. The number of amidine groups is 2. The second kappa shape index (κ2) is 15.6. The highest BCUT2D eigenvalue weighted by molar-refractivity contribution is 7.80. The van der Waals surface area contributed by atoms with E-state index in [1.807, 2.05) is 68.5 Å². The van der Waals surface area contributed by atoms with Gasteiger partial charge < -0.3 is 11.5 Å². The zero-order valence-electron chi connectivity index (χ0n) is 17.5. The van der Waals surface area contributed by atoms with E-state index in [1.54, 1.807) is 13.8 Å². The Bertz CT molecular complexity index is 858. The van der Waals surface area contributed by atoms with Crippen molar-refractivity contribution in [1.82, 2.24) is 0 Å². The van der Waals surface area contributed by atoms with Crippen molar-refractivity contribution in [2.75, 3.05) is 12.4 Å². The van der Waals surface area contributed by atoms with Crippen LogP contribution < -0.4 is 11.5 Å². The summed E-state index contributed by atoms with van der Waals surface area (Å²) in [6.07, 6.45) is 4.03. The summed E-state index contributed by atoms with van der Waals surface area (Å²) in [6.45, 7) is 11.1. The third-order valence-electron chi connectivity index (χ3n) is 3.31. The molecule has 0 amide bonds. The summed E-state index contributed by atoms with van der Waals surface area (Å²) in [5.41, 5.74) is 13.7. The standard InChI is InChI=1S/C14H13NS2.C6H12N4.C2H6/c15-12-8-7-11(14(17)9-12)6-5-10-3-1-2-4-13(10)16;1-5(8-3)10-6(2)9-4-7;1-2/h1-9,16-17H,15H2;3-4,7H2,1-2H3;1-2H3/b;9-6-,10-5?;. The van der Waals surface area contributed by atoms with Crippen LogP contribution in [0.2, 0.25) is 0 Å². The maximum atomic E-state index is 5.67. The SMILES string of the molecule is C=NC(C)=N/C(C)=N\CN.CC.Nc1ccc(C=Cc2ccccc2S)c(S)c1. The van der Waals surface area contributed by atoms with E-state index in [2.05, 4.69) is 47.0 Å². The molecule has 0 unspecified atom stereocenters. The summed E-state index contributed by atoms with van der Waals surface area (Å²) < 4.78 is 0. The van der Waals surface area contributed by atoms with E-state index in [9.17, 15) is 0 Å². The second-order valence-corrected chi connectivity index (χ2v) is 6.38. The largest absolute Gasteiger partial charge is 0.399 e. The van der Waals surface area contributed by atoms with E-state index in [1.165, 1.54) is 0 Å². The molecule has 0 atom stereocenters. The molecule has 5 nitrogen and oxygen atoms in total. The minimum absolute atomic E-state index is 0.264. The molecule has 0 saturated carbocycles. The molecule has 0 fully saturated rings. The summed E-state index contributed by atoms with van der Waals surface area (Å²) >= 11 is 8.79. The predicted octanol–water partition coefficient (Wildman–Crippen LogP) is 5.48. The fraction of sp³-hybridized carbons (Fsp3) is 0.227. The molecule has 7 heteroatoms. The highest BCUT2D eigenvalue weighted by Gasteiger charge is 1.96. The minimum Gasteiger partial charge on any atom is -0.399 e. The lowest BCUT2D eigenvalue weighted by Gasteiger charge is -2.02. The van der Waals surface area contributed by atoms with E-state index < -0.39 is 0 Å². The van der Waals surface area contributed by atoms with Crippen molar-refractivity contribution in [2.24, 2.45) is 20.7 Å². The zero-order valence-corrected chi connectivity index (χ0v) is 19.3. The Kier molecular flexibility index (Phi) is 14.3. The van der Waals surface area contributed by atoms with Gasteiger partial charge in [-0.05, 0) is 49.9 Å². The number of anilines is 1. The Morgan fingerprint density at radius 3 is 2.07 bits per heavy atom. The zero-order chi connectivity index (χ0) is 22.2. The average molecular weight is 430 g/mol. The lowest BCUT2D eigenvalue weighted by molar-refractivity contribution is 1.06. The number of benzene rings is 2. The van der Waals surface area contributed by atoms with Gasteiger partial charge in [0.2, 0.25) is 0 Å². The van der Waals surface area contributed by atoms with Gasteiger partial charge in [-0.1, -0.05) is 50.3 Å². The van der Waals surface area contributed by atoms with Crippen molar-refractivity contribution in [3.8, 4) is 0 Å². The van der Waals surface area contributed by atoms with Gasteiger partial charge in [-0.15, -0.1) is 25.3 Å². The van der Waals surface area contributed by atoms with E-state index in [4.69, 9.17) is 11.5 Å². The Balaban J connectivity index is 0.000000563. The molecule has 0 spiro atoms. The van der Waals surface area contributed by atoms with Crippen LogP contribution in [0.3, 0.4) is 0 Å². The molecule has 0 aromatic heterocycles. The van der Waals surface area contributed by atoms with Crippen LogP contribution in [0.1, 0.15) is 38.8 Å². The van der Waals surface area contributed by atoms with Crippen molar-refractivity contribution in [2.45, 2.75) is 37.5 Å². The second-order valence-electron chi connectivity index (χ2n) is 5.42. The highest BCUT2D eigenvalue weighted by atomic mass is 32.1. The van der Waals surface area contributed by atoms with E-state index in [0.717, 1.165) is 26.6 Å². The van der Waals surface area contributed by atoms with Crippen molar-refractivity contribution < 1.29 is 0 Å². The minimum atomic E-state index is 0.264. The fourth-order valence-corrected chi connectivity index (χ4v) is 2.48. The molecule has 0 bridgehead atoms. The smallest absolute Gasteiger partial charge is 0.126 e. The first-order valence-electron chi connectivity index (χ1n) is 9.15. The topological polar surface area (TPSA) is 89.1 Å². The molecule has 2 aromatic rings. The number of aliphatic imine (C=N–C) groups is 3. The number of hydrogen-bond acceptors (Lipinski definition) is 5. The molecule has 0 heterocycles. The molecule has 156 valence electrons. The van der Waals surface area contributed by atoms with Crippen LogP contribution >= 0.6 is 25.3 Å². The summed E-state index contributed by atoms with van der Waals surface area (Å²) in [7, 11) is 0. The van der Waals surface area contributed by atoms with E-state index >= 15 is 0 Å². The quantitative estimate of drug-likeness (QED) is 0.171. The van der Waals surface area contributed by atoms with Crippen LogP contribution in [0.25, 0.3) is 12.2 Å². The monoisotopic (exact) mass is 429 g/mol. The Morgan fingerprint density at radius 1 is 0.966 bits per heavy atom.